The molecule has 7 heteroatoms. The first-order valence-electron chi connectivity index (χ1n) is 5.83. The first kappa shape index (κ1) is 16.3. The number of carbonyl (C=O) groups excluding carboxylic acids is 1. The first-order chi connectivity index (χ1) is 7.93. The van der Waals surface area contributed by atoms with Gasteiger partial charge in [-0.2, -0.15) is 4.31 Å². The van der Waals surface area contributed by atoms with E-state index in [1.165, 1.54) is 11.4 Å². The van der Waals surface area contributed by atoms with Gasteiger partial charge in [0.05, 0.1) is 11.8 Å². The van der Waals surface area contributed by atoms with E-state index in [1.54, 1.807) is 6.92 Å². The van der Waals surface area contributed by atoms with E-state index in [0.717, 1.165) is 0 Å². The highest BCUT2D eigenvalue weighted by atomic mass is 32.2. The van der Waals surface area contributed by atoms with Crippen LogP contribution in [0.2, 0.25) is 0 Å². The van der Waals surface area contributed by atoms with Crippen molar-refractivity contribution in [3.63, 3.8) is 0 Å². The number of likely N-dealkylation sites (N-methyl/N-ethyl adjacent to an activating group) is 1. The highest BCUT2D eigenvalue weighted by Crippen LogP contribution is 2.12. The predicted octanol–water partition coefficient (Wildman–Crippen LogP) is -0.488. The third kappa shape index (κ3) is 4.61. The maximum atomic E-state index is 12.2. The molecule has 1 atom stereocenters. The average Bonchev–Trinajstić information content (AvgIpc) is 2.29. The van der Waals surface area contributed by atoms with Crippen molar-refractivity contribution in [2.75, 3.05) is 26.7 Å². The van der Waals surface area contributed by atoms with E-state index in [0.29, 0.717) is 19.4 Å². The summed E-state index contributed by atoms with van der Waals surface area (Å²) in [7, 11) is -2.00. The monoisotopic (exact) mass is 265 g/mol. The fraction of sp³-hybridized carbons (Fsp3) is 0.900. The molecule has 0 radical (unpaired) electrons. The standard InChI is InChI=1S/C10H23N3O3S/c1-4-6-13(8-10(14)12-3)17(15,16)9(5-2)7-11/h9H,4-8,11H2,1-3H3,(H,12,14). The normalized spacial score (nSPS) is 13.7. The molecule has 6 nitrogen and oxygen atoms in total. The molecule has 0 aromatic rings. The van der Waals surface area contributed by atoms with Gasteiger partial charge in [0, 0.05) is 20.1 Å². The van der Waals surface area contributed by atoms with E-state index in [1.807, 2.05) is 6.92 Å². The van der Waals surface area contributed by atoms with Crippen molar-refractivity contribution in [3.05, 3.63) is 0 Å². The Kier molecular flexibility index (Phi) is 7.33. The number of hydrogen-bond donors (Lipinski definition) is 2. The van der Waals surface area contributed by atoms with Gasteiger partial charge in [-0.25, -0.2) is 8.42 Å². The molecule has 0 heterocycles. The van der Waals surface area contributed by atoms with E-state index in [2.05, 4.69) is 5.32 Å². The molecule has 1 amide bonds. The van der Waals surface area contributed by atoms with Crippen molar-refractivity contribution in [1.29, 1.82) is 0 Å². The number of nitrogens with zero attached hydrogens (tertiary/aromatic N) is 1. The molecule has 0 spiro atoms. The summed E-state index contributed by atoms with van der Waals surface area (Å²) in [5.74, 6) is -0.311. The maximum absolute atomic E-state index is 12.2. The van der Waals surface area contributed by atoms with Crippen molar-refractivity contribution in [1.82, 2.24) is 9.62 Å². The van der Waals surface area contributed by atoms with Crippen LogP contribution in [0.4, 0.5) is 0 Å². The van der Waals surface area contributed by atoms with Crippen LogP contribution in [0.15, 0.2) is 0 Å². The number of amides is 1. The van der Waals surface area contributed by atoms with Crippen LogP contribution in [0.25, 0.3) is 0 Å². The molecular weight excluding hydrogens is 242 g/mol. The minimum atomic E-state index is -3.48. The van der Waals surface area contributed by atoms with E-state index in [4.69, 9.17) is 5.73 Å². The number of carbonyl (C=O) groups is 1. The van der Waals surface area contributed by atoms with Crippen LogP contribution in [-0.2, 0) is 14.8 Å². The Hall–Kier alpha value is -0.660. The molecule has 0 fully saturated rings. The summed E-state index contributed by atoms with van der Waals surface area (Å²) in [5.41, 5.74) is 5.46. The van der Waals surface area contributed by atoms with Gasteiger partial charge in [-0.15, -0.1) is 0 Å². The SMILES string of the molecule is CCCN(CC(=O)NC)S(=O)(=O)C(CC)CN. The van der Waals surface area contributed by atoms with E-state index in [-0.39, 0.29) is 19.0 Å². The fourth-order valence-corrected chi connectivity index (χ4v) is 3.31. The molecule has 0 saturated carbocycles. The number of hydrogen-bond acceptors (Lipinski definition) is 4. The Morgan fingerprint density at radius 2 is 2.00 bits per heavy atom. The third-order valence-electron chi connectivity index (χ3n) is 2.57. The lowest BCUT2D eigenvalue weighted by Gasteiger charge is -2.25. The van der Waals surface area contributed by atoms with Gasteiger partial charge in [-0.3, -0.25) is 4.79 Å². The van der Waals surface area contributed by atoms with Gasteiger partial charge >= 0.3 is 0 Å². The molecule has 0 bridgehead atoms. The number of nitrogens with two attached hydrogens (primary N) is 1. The van der Waals surface area contributed by atoms with Gasteiger partial charge in [-0.1, -0.05) is 13.8 Å². The zero-order valence-corrected chi connectivity index (χ0v) is 11.6. The average molecular weight is 265 g/mol. The van der Waals surface area contributed by atoms with Crippen LogP contribution >= 0.6 is 0 Å². The Morgan fingerprint density at radius 3 is 2.35 bits per heavy atom. The molecule has 0 saturated heterocycles. The van der Waals surface area contributed by atoms with Crippen molar-refractivity contribution < 1.29 is 13.2 Å². The van der Waals surface area contributed by atoms with Gasteiger partial charge in [0.15, 0.2) is 0 Å². The van der Waals surface area contributed by atoms with Crippen molar-refractivity contribution >= 4 is 15.9 Å². The van der Waals surface area contributed by atoms with Gasteiger partial charge < -0.3 is 11.1 Å². The Balaban J connectivity index is 4.96. The third-order valence-corrected chi connectivity index (χ3v) is 4.97. The van der Waals surface area contributed by atoms with Crippen molar-refractivity contribution in [2.24, 2.45) is 5.73 Å². The topological polar surface area (TPSA) is 92.5 Å². The first-order valence-corrected chi connectivity index (χ1v) is 7.33. The predicted molar refractivity (Wildman–Crippen MR) is 68.0 cm³/mol. The molecule has 17 heavy (non-hydrogen) atoms. The Morgan fingerprint density at radius 1 is 1.41 bits per heavy atom. The summed E-state index contributed by atoms with van der Waals surface area (Å²) in [5, 5.41) is 1.81. The second kappa shape index (κ2) is 7.62. The molecule has 3 N–H and O–H groups in total. The molecule has 0 rings (SSSR count). The van der Waals surface area contributed by atoms with Gasteiger partial charge in [-0.05, 0) is 12.8 Å². The van der Waals surface area contributed by atoms with Gasteiger partial charge in [0.25, 0.3) is 0 Å². The lowest BCUT2D eigenvalue weighted by Crippen LogP contribution is -2.46. The largest absolute Gasteiger partial charge is 0.358 e. The summed E-state index contributed by atoms with van der Waals surface area (Å²) in [6.07, 6.45) is 1.12. The smallest absolute Gasteiger partial charge is 0.235 e. The van der Waals surface area contributed by atoms with E-state index < -0.39 is 15.3 Å². The van der Waals surface area contributed by atoms with E-state index >= 15 is 0 Å². The van der Waals surface area contributed by atoms with E-state index in [9.17, 15) is 13.2 Å². The lowest BCUT2D eigenvalue weighted by molar-refractivity contribution is -0.120. The molecule has 0 aliphatic rings. The zero-order valence-electron chi connectivity index (χ0n) is 10.8. The summed E-state index contributed by atoms with van der Waals surface area (Å²) in [6.45, 7) is 3.93. The summed E-state index contributed by atoms with van der Waals surface area (Å²) < 4.78 is 25.6. The molecule has 0 aliphatic heterocycles. The van der Waals surface area contributed by atoms with Crippen LogP contribution in [0.3, 0.4) is 0 Å². The number of rotatable bonds is 8. The van der Waals surface area contributed by atoms with Crippen LogP contribution < -0.4 is 11.1 Å². The Labute approximate surface area is 104 Å². The van der Waals surface area contributed by atoms with Gasteiger partial charge in [0.2, 0.25) is 15.9 Å². The molecule has 0 aromatic heterocycles. The second-order valence-corrected chi connectivity index (χ2v) is 6.03. The zero-order chi connectivity index (χ0) is 13.5. The highest BCUT2D eigenvalue weighted by Gasteiger charge is 2.30. The molecule has 1 unspecified atom stereocenters. The molecule has 102 valence electrons. The minimum Gasteiger partial charge on any atom is -0.358 e. The second-order valence-electron chi connectivity index (χ2n) is 3.82. The summed E-state index contributed by atoms with van der Waals surface area (Å²) >= 11 is 0. The van der Waals surface area contributed by atoms with Crippen LogP contribution in [0.1, 0.15) is 26.7 Å². The van der Waals surface area contributed by atoms with Crippen LogP contribution in [-0.4, -0.2) is 50.6 Å². The fourth-order valence-electron chi connectivity index (χ4n) is 1.49. The molecule has 0 aliphatic carbocycles. The summed E-state index contributed by atoms with van der Waals surface area (Å²) in [4.78, 5) is 11.3. The minimum absolute atomic E-state index is 0.0762. The number of sulfonamides is 1. The Bertz CT molecular complexity index is 326. The van der Waals surface area contributed by atoms with Crippen molar-refractivity contribution in [3.8, 4) is 0 Å². The van der Waals surface area contributed by atoms with Crippen LogP contribution in [0.5, 0.6) is 0 Å². The van der Waals surface area contributed by atoms with Crippen molar-refractivity contribution in [2.45, 2.75) is 31.9 Å². The lowest BCUT2D eigenvalue weighted by atomic mass is 10.3. The van der Waals surface area contributed by atoms with Crippen LogP contribution in [0, 0.1) is 0 Å². The highest BCUT2D eigenvalue weighted by molar-refractivity contribution is 7.89. The van der Waals surface area contributed by atoms with Gasteiger partial charge in [0.1, 0.15) is 0 Å². The molecular formula is C10H23N3O3S. The number of nitrogens with one attached hydrogen (secondary N) is 1. The quantitative estimate of drug-likeness (QED) is 0.619. The summed E-state index contributed by atoms with van der Waals surface area (Å²) in [6, 6.07) is 0. The maximum Gasteiger partial charge on any atom is 0.235 e. The molecule has 0 aromatic carbocycles.